The van der Waals surface area contributed by atoms with Gasteiger partial charge in [-0.25, -0.2) is 14.0 Å². The van der Waals surface area contributed by atoms with Gasteiger partial charge in [-0.05, 0) is 37.0 Å². The Labute approximate surface area is 122 Å². The maximum absolute atomic E-state index is 13.1. The average Bonchev–Trinajstić information content (AvgIpc) is 2.46. The lowest BCUT2D eigenvalue weighted by Gasteiger charge is -2.36. The minimum atomic E-state index is -0.998. The van der Waals surface area contributed by atoms with Crippen molar-refractivity contribution in [3.63, 3.8) is 0 Å². The summed E-state index contributed by atoms with van der Waals surface area (Å²) < 4.78 is 13.1. The highest BCUT2D eigenvalue weighted by Crippen LogP contribution is 2.26. The van der Waals surface area contributed by atoms with E-state index in [1.54, 1.807) is 6.07 Å². The predicted molar refractivity (Wildman–Crippen MR) is 76.6 cm³/mol. The molecule has 2 rings (SSSR count). The Bertz CT molecular complexity index is 535. The zero-order chi connectivity index (χ0) is 15.4. The molecule has 0 aromatic heterocycles. The Hall–Kier alpha value is -2.11. The van der Waals surface area contributed by atoms with Crippen LogP contribution in [-0.4, -0.2) is 34.6 Å². The fourth-order valence-corrected chi connectivity index (χ4v) is 2.65. The number of aliphatic carboxylic acids is 1. The second-order valence-electron chi connectivity index (χ2n) is 5.29. The second-order valence-corrected chi connectivity index (χ2v) is 5.29. The Morgan fingerprint density at radius 1 is 1.48 bits per heavy atom. The van der Waals surface area contributed by atoms with Crippen LogP contribution in [0.3, 0.4) is 0 Å². The number of piperidine rings is 1. The van der Waals surface area contributed by atoms with E-state index in [0.717, 1.165) is 12.8 Å². The molecular weight excluding hydrogens is 275 g/mol. The summed E-state index contributed by atoms with van der Waals surface area (Å²) in [5.41, 5.74) is 0.321. The summed E-state index contributed by atoms with van der Waals surface area (Å²) >= 11 is 0. The summed E-state index contributed by atoms with van der Waals surface area (Å²) in [5, 5.41) is 11.9. The van der Waals surface area contributed by atoms with Gasteiger partial charge in [-0.2, -0.15) is 0 Å². The first-order chi connectivity index (χ1) is 10.0. The van der Waals surface area contributed by atoms with Crippen LogP contribution in [0, 0.1) is 11.7 Å². The number of amides is 2. The molecule has 6 heteroatoms. The molecule has 1 saturated heterocycles. The van der Waals surface area contributed by atoms with E-state index in [0.29, 0.717) is 24.6 Å². The average molecular weight is 294 g/mol. The van der Waals surface area contributed by atoms with Gasteiger partial charge in [-0.1, -0.05) is 19.4 Å². The van der Waals surface area contributed by atoms with Crippen molar-refractivity contribution in [2.24, 2.45) is 5.92 Å². The molecule has 0 bridgehead atoms. The van der Waals surface area contributed by atoms with E-state index in [1.165, 1.54) is 23.1 Å². The minimum Gasteiger partial charge on any atom is -0.480 e. The molecule has 0 radical (unpaired) electrons. The van der Waals surface area contributed by atoms with Crippen LogP contribution in [0.25, 0.3) is 0 Å². The van der Waals surface area contributed by atoms with Crippen molar-refractivity contribution in [3.05, 3.63) is 30.1 Å². The Kier molecular flexibility index (Phi) is 4.77. The molecule has 1 aliphatic heterocycles. The molecule has 0 spiro atoms. The van der Waals surface area contributed by atoms with E-state index < -0.39 is 23.9 Å². The van der Waals surface area contributed by atoms with E-state index >= 15 is 0 Å². The number of anilines is 1. The third-order valence-corrected chi connectivity index (χ3v) is 3.91. The number of benzene rings is 1. The molecule has 1 fully saturated rings. The number of halogens is 1. The van der Waals surface area contributed by atoms with Crippen molar-refractivity contribution >= 4 is 17.7 Å². The van der Waals surface area contributed by atoms with Gasteiger partial charge < -0.3 is 15.3 Å². The number of urea groups is 1. The summed E-state index contributed by atoms with van der Waals surface area (Å²) in [4.78, 5) is 24.9. The fourth-order valence-electron chi connectivity index (χ4n) is 2.65. The van der Waals surface area contributed by atoms with Gasteiger partial charge in [0.1, 0.15) is 11.9 Å². The number of rotatable bonds is 3. The van der Waals surface area contributed by atoms with Crippen molar-refractivity contribution in [1.29, 1.82) is 0 Å². The SMILES string of the molecule is CCC1CCN(C(=O)Nc2cccc(F)c2)C(C(=O)O)C1. The molecule has 1 aromatic rings. The van der Waals surface area contributed by atoms with Crippen LogP contribution in [0.1, 0.15) is 26.2 Å². The molecule has 21 heavy (non-hydrogen) atoms. The van der Waals surface area contributed by atoms with E-state index in [1.807, 2.05) is 6.92 Å². The largest absolute Gasteiger partial charge is 0.480 e. The first-order valence-electron chi connectivity index (χ1n) is 7.07. The van der Waals surface area contributed by atoms with Crippen LogP contribution in [0.4, 0.5) is 14.9 Å². The predicted octanol–water partition coefficient (Wildman–Crippen LogP) is 2.93. The van der Waals surface area contributed by atoms with Crippen molar-refractivity contribution in [2.45, 2.75) is 32.2 Å². The minimum absolute atomic E-state index is 0.321. The van der Waals surface area contributed by atoms with Crippen LogP contribution in [-0.2, 0) is 4.79 Å². The van der Waals surface area contributed by atoms with Gasteiger partial charge in [0.2, 0.25) is 0 Å². The van der Waals surface area contributed by atoms with Crippen LogP contribution >= 0.6 is 0 Å². The first-order valence-corrected chi connectivity index (χ1v) is 7.07. The number of carboxylic acids is 1. The van der Waals surface area contributed by atoms with Crippen LogP contribution in [0.2, 0.25) is 0 Å². The van der Waals surface area contributed by atoms with E-state index in [9.17, 15) is 19.1 Å². The van der Waals surface area contributed by atoms with Crippen molar-refractivity contribution in [2.75, 3.05) is 11.9 Å². The summed E-state index contributed by atoms with van der Waals surface area (Å²) in [5.74, 6) is -1.13. The smallest absolute Gasteiger partial charge is 0.326 e. The van der Waals surface area contributed by atoms with Crippen molar-refractivity contribution in [1.82, 2.24) is 4.90 Å². The molecule has 1 aromatic carbocycles. The maximum Gasteiger partial charge on any atom is 0.326 e. The van der Waals surface area contributed by atoms with Gasteiger partial charge in [0.05, 0.1) is 0 Å². The van der Waals surface area contributed by atoms with Gasteiger partial charge in [-0.3, -0.25) is 0 Å². The summed E-state index contributed by atoms with van der Waals surface area (Å²) in [6.07, 6.45) is 2.16. The molecule has 114 valence electrons. The number of carbonyl (C=O) groups excluding carboxylic acids is 1. The Balaban J connectivity index is 2.08. The summed E-state index contributed by atoms with van der Waals surface area (Å²) in [6.45, 7) is 2.42. The monoisotopic (exact) mass is 294 g/mol. The van der Waals surface area contributed by atoms with Crippen LogP contribution in [0.15, 0.2) is 24.3 Å². The van der Waals surface area contributed by atoms with Gasteiger partial charge in [0, 0.05) is 12.2 Å². The molecule has 2 amide bonds. The fraction of sp³-hybridized carbons (Fsp3) is 0.467. The Morgan fingerprint density at radius 3 is 2.86 bits per heavy atom. The van der Waals surface area contributed by atoms with Crippen LogP contribution in [0.5, 0.6) is 0 Å². The first kappa shape index (κ1) is 15.3. The molecule has 2 unspecified atom stereocenters. The number of hydrogen-bond donors (Lipinski definition) is 2. The highest BCUT2D eigenvalue weighted by atomic mass is 19.1. The molecule has 2 atom stereocenters. The van der Waals surface area contributed by atoms with Gasteiger partial charge in [0.15, 0.2) is 0 Å². The number of carboxylic acid groups (broad SMARTS) is 1. The highest BCUT2D eigenvalue weighted by molar-refractivity contribution is 5.92. The normalized spacial score (nSPS) is 21.9. The lowest BCUT2D eigenvalue weighted by molar-refractivity contribution is -0.143. The number of hydrogen-bond acceptors (Lipinski definition) is 2. The molecule has 2 N–H and O–H groups in total. The number of carbonyl (C=O) groups is 2. The lowest BCUT2D eigenvalue weighted by Crippen LogP contribution is -2.51. The molecule has 0 aliphatic carbocycles. The molecule has 1 aliphatic rings. The molecule has 0 saturated carbocycles. The molecule has 5 nitrogen and oxygen atoms in total. The lowest BCUT2D eigenvalue weighted by atomic mass is 9.89. The van der Waals surface area contributed by atoms with Gasteiger partial charge in [-0.15, -0.1) is 0 Å². The number of nitrogens with one attached hydrogen (secondary N) is 1. The Morgan fingerprint density at radius 2 is 2.24 bits per heavy atom. The standard InChI is InChI=1S/C15H19FN2O3/c1-2-10-6-7-18(13(8-10)14(19)20)15(21)17-12-5-3-4-11(16)9-12/h3-5,9-10,13H,2,6-8H2,1H3,(H,17,21)(H,19,20). The highest BCUT2D eigenvalue weighted by Gasteiger charge is 2.35. The topological polar surface area (TPSA) is 69.6 Å². The maximum atomic E-state index is 13.1. The third-order valence-electron chi connectivity index (χ3n) is 3.91. The number of nitrogens with zero attached hydrogens (tertiary/aromatic N) is 1. The van der Waals surface area contributed by atoms with E-state index in [-0.39, 0.29) is 0 Å². The van der Waals surface area contributed by atoms with E-state index in [2.05, 4.69) is 5.32 Å². The zero-order valence-electron chi connectivity index (χ0n) is 11.9. The van der Waals surface area contributed by atoms with Crippen molar-refractivity contribution < 1.29 is 19.1 Å². The van der Waals surface area contributed by atoms with Gasteiger partial charge in [0.25, 0.3) is 0 Å². The zero-order valence-corrected chi connectivity index (χ0v) is 11.9. The van der Waals surface area contributed by atoms with E-state index in [4.69, 9.17) is 0 Å². The van der Waals surface area contributed by atoms with Crippen molar-refractivity contribution in [3.8, 4) is 0 Å². The number of likely N-dealkylation sites (tertiary alicyclic amines) is 1. The molecule has 1 heterocycles. The van der Waals surface area contributed by atoms with Gasteiger partial charge >= 0.3 is 12.0 Å². The van der Waals surface area contributed by atoms with Crippen LogP contribution < -0.4 is 5.32 Å². The summed E-state index contributed by atoms with van der Waals surface area (Å²) in [6, 6.07) is 4.22. The molecular formula is C15H19FN2O3. The second kappa shape index (κ2) is 6.56. The third kappa shape index (κ3) is 3.71. The quantitative estimate of drug-likeness (QED) is 0.900. The summed E-state index contributed by atoms with van der Waals surface area (Å²) in [7, 11) is 0.